The fraction of sp³-hybridized carbons (Fsp3) is 0.278. The van der Waals surface area contributed by atoms with Gasteiger partial charge in [0.05, 0.1) is 5.52 Å². The summed E-state index contributed by atoms with van der Waals surface area (Å²) < 4.78 is 7.89. The van der Waals surface area contributed by atoms with Crippen LogP contribution in [0.5, 0.6) is 5.75 Å². The Morgan fingerprint density at radius 2 is 2.00 bits per heavy atom. The van der Waals surface area contributed by atoms with Crippen molar-refractivity contribution in [3.05, 3.63) is 48.5 Å². The number of rotatable bonds is 2. The summed E-state index contributed by atoms with van der Waals surface area (Å²) >= 11 is 0. The average molecular weight is 294 g/mol. The van der Waals surface area contributed by atoms with Crippen molar-refractivity contribution in [1.82, 2.24) is 9.78 Å². The topological polar surface area (TPSA) is 47.3 Å². The van der Waals surface area contributed by atoms with E-state index in [9.17, 15) is 5.11 Å². The molecule has 4 rings (SSSR count). The Bertz CT molecular complexity index is 804. The molecule has 1 aromatic heterocycles. The summed E-state index contributed by atoms with van der Waals surface area (Å²) in [6, 6.07) is 15.4. The van der Waals surface area contributed by atoms with Crippen molar-refractivity contribution in [3.63, 3.8) is 0 Å². The first-order valence-electron chi connectivity index (χ1n) is 7.71. The second-order valence-electron chi connectivity index (χ2n) is 5.68. The third-order valence-electron chi connectivity index (χ3n) is 4.16. The van der Waals surface area contributed by atoms with Gasteiger partial charge in [0.25, 0.3) is 0 Å². The Morgan fingerprint density at radius 3 is 2.82 bits per heavy atom. The molecule has 3 aromatic rings. The van der Waals surface area contributed by atoms with Crippen LogP contribution < -0.4 is 0 Å². The zero-order valence-corrected chi connectivity index (χ0v) is 12.3. The molecule has 1 saturated heterocycles. The molecule has 1 unspecified atom stereocenters. The van der Waals surface area contributed by atoms with Crippen LogP contribution >= 0.6 is 0 Å². The highest BCUT2D eigenvalue weighted by atomic mass is 16.5. The van der Waals surface area contributed by atoms with Crippen LogP contribution in [0.25, 0.3) is 22.2 Å². The molecule has 0 spiro atoms. The first-order valence-corrected chi connectivity index (χ1v) is 7.71. The van der Waals surface area contributed by atoms with Crippen molar-refractivity contribution in [1.29, 1.82) is 0 Å². The molecule has 1 aliphatic rings. The number of aromatic nitrogens is 2. The summed E-state index contributed by atoms with van der Waals surface area (Å²) in [5.74, 6) is 0.255. The molecule has 0 aliphatic carbocycles. The molecular formula is C18H18N2O2. The lowest BCUT2D eigenvalue weighted by atomic mass is 10.1. The Morgan fingerprint density at radius 1 is 1.09 bits per heavy atom. The lowest BCUT2D eigenvalue weighted by molar-refractivity contribution is -0.0365. The zero-order chi connectivity index (χ0) is 14.9. The fourth-order valence-corrected chi connectivity index (χ4v) is 3.09. The molecule has 0 bridgehead atoms. The smallest absolute Gasteiger partial charge is 0.150 e. The van der Waals surface area contributed by atoms with Gasteiger partial charge in [-0.1, -0.05) is 30.3 Å². The summed E-state index contributed by atoms with van der Waals surface area (Å²) in [6.45, 7) is 0.792. The molecule has 0 saturated carbocycles. The van der Waals surface area contributed by atoms with Crippen LogP contribution in [0.2, 0.25) is 0 Å². The van der Waals surface area contributed by atoms with Gasteiger partial charge in [-0.15, -0.1) is 0 Å². The summed E-state index contributed by atoms with van der Waals surface area (Å²) in [5, 5.41) is 15.6. The predicted octanol–water partition coefficient (Wildman–Crippen LogP) is 4.11. The zero-order valence-electron chi connectivity index (χ0n) is 12.3. The van der Waals surface area contributed by atoms with Gasteiger partial charge < -0.3 is 9.84 Å². The van der Waals surface area contributed by atoms with Crippen molar-refractivity contribution in [2.45, 2.75) is 25.5 Å². The number of fused-ring (bicyclic) bond motifs is 1. The fourth-order valence-electron chi connectivity index (χ4n) is 3.09. The quantitative estimate of drug-likeness (QED) is 0.773. The van der Waals surface area contributed by atoms with E-state index in [2.05, 4.69) is 12.1 Å². The van der Waals surface area contributed by atoms with E-state index < -0.39 is 0 Å². The molecule has 22 heavy (non-hydrogen) atoms. The van der Waals surface area contributed by atoms with Crippen molar-refractivity contribution < 1.29 is 9.84 Å². The van der Waals surface area contributed by atoms with Crippen molar-refractivity contribution >= 4 is 10.9 Å². The van der Waals surface area contributed by atoms with Crippen LogP contribution in [0, 0.1) is 0 Å². The minimum absolute atomic E-state index is 0.00436. The molecule has 1 aliphatic heterocycles. The normalized spacial score (nSPS) is 18.6. The van der Waals surface area contributed by atoms with Gasteiger partial charge in [-0.05, 0) is 37.5 Å². The Labute approximate surface area is 129 Å². The summed E-state index contributed by atoms with van der Waals surface area (Å²) in [5.41, 5.74) is 2.89. The van der Waals surface area contributed by atoms with Crippen molar-refractivity contribution in [3.8, 4) is 17.0 Å². The van der Waals surface area contributed by atoms with E-state index in [1.54, 1.807) is 12.1 Å². The van der Waals surface area contributed by atoms with E-state index in [4.69, 9.17) is 9.84 Å². The van der Waals surface area contributed by atoms with Gasteiger partial charge in [0.2, 0.25) is 0 Å². The maximum atomic E-state index is 9.74. The number of hydrogen-bond acceptors (Lipinski definition) is 3. The number of hydrogen-bond donors (Lipinski definition) is 1. The number of phenolic OH excluding ortho intramolecular Hbond substituents is 1. The largest absolute Gasteiger partial charge is 0.508 e. The first-order chi connectivity index (χ1) is 10.8. The van der Waals surface area contributed by atoms with E-state index in [1.807, 2.05) is 28.9 Å². The van der Waals surface area contributed by atoms with Crippen LogP contribution in [0.15, 0.2) is 48.5 Å². The summed E-state index contributed by atoms with van der Waals surface area (Å²) in [4.78, 5) is 0. The number of para-hydroxylation sites is 1. The standard InChI is InChI=1S/C18H18N2O2/c21-14-7-5-6-13(12-14)18-15-8-1-2-9-16(15)20(19-18)17-10-3-4-11-22-17/h1-2,5-9,12,17,21H,3-4,10-11H2. The van der Waals surface area contributed by atoms with Gasteiger partial charge in [-0.3, -0.25) is 0 Å². The monoisotopic (exact) mass is 294 g/mol. The van der Waals surface area contributed by atoms with Crippen LogP contribution in [0.1, 0.15) is 25.5 Å². The summed E-state index contributed by atoms with van der Waals surface area (Å²) in [6.07, 6.45) is 3.28. The van der Waals surface area contributed by atoms with E-state index in [0.717, 1.165) is 41.6 Å². The molecule has 112 valence electrons. The van der Waals surface area contributed by atoms with Crippen LogP contribution in [-0.4, -0.2) is 21.5 Å². The molecule has 2 heterocycles. The third kappa shape index (κ3) is 2.25. The molecular weight excluding hydrogens is 276 g/mol. The average Bonchev–Trinajstić information content (AvgIpc) is 2.95. The minimum Gasteiger partial charge on any atom is -0.508 e. The highest BCUT2D eigenvalue weighted by molar-refractivity contribution is 5.93. The molecule has 1 fully saturated rings. The molecule has 2 aromatic carbocycles. The van der Waals surface area contributed by atoms with E-state index in [0.29, 0.717) is 0 Å². The first kappa shape index (κ1) is 13.3. The van der Waals surface area contributed by atoms with Gasteiger partial charge in [0, 0.05) is 17.6 Å². The van der Waals surface area contributed by atoms with Crippen LogP contribution in [0.3, 0.4) is 0 Å². The van der Waals surface area contributed by atoms with Crippen LogP contribution in [0.4, 0.5) is 0 Å². The Kier molecular flexibility index (Phi) is 3.31. The third-order valence-corrected chi connectivity index (χ3v) is 4.16. The van der Waals surface area contributed by atoms with Crippen LogP contribution in [-0.2, 0) is 4.74 Å². The molecule has 1 atom stereocenters. The number of aromatic hydroxyl groups is 1. The highest BCUT2D eigenvalue weighted by Crippen LogP contribution is 2.33. The molecule has 4 heteroatoms. The maximum Gasteiger partial charge on any atom is 0.150 e. The van der Waals surface area contributed by atoms with E-state index in [-0.39, 0.29) is 12.0 Å². The van der Waals surface area contributed by atoms with E-state index in [1.165, 1.54) is 6.42 Å². The lowest BCUT2D eigenvalue weighted by Crippen LogP contribution is -2.19. The van der Waals surface area contributed by atoms with Gasteiger partial charge in [-0.2, -0.15) is 5.10 Å². The molecule has 1 N–H and O–H groups in total. The minimum atomic E-state index is 0.00436. The number of ether oxygens (including phenoxy) is 1. The van der Waals surface area contributed by atoms with Crippen molar-refractivity contribution in [2.24, 2.45) is 0 Å². The summed E-state index contributed by atoms with van der Waals surface area (Å²) in [7, 11) is 0. The number of phenols is 1. The number of benzene rings is 2. The highest BCUT2D eigenvalue weighted by Gasteiger charge is 2.21. The predicted molar refractivity (Wildman–Crippen MR) is 85.7 cm³/mol. The molecule has 0 amide bonds. The van der Waals surface area contributed by atoms with Gasteiger partial charge in [0.15, 0.2) is 6.23 Å². The lowest BCUT2D eigenvalue weighted by Gasteiger charge is -2.23. The maximum absolute atomic E-state index is 9.74. The number of nitrogens with zero attached hydrogens (tertiary/aromatic N) is 2. The van der Waals surface area contributed by atoms with Gasteiger partial charge in [0.1, 0.15) is 11.4 Å². The Hall–Kier alpha value is -2.33. The Balaban J connectivity index is 1.88. The van der Waals surface area contributed by atoms with Gasteiger partial charge >= 0.3 is 0 Å². The van der Waals surface area contributed by atoms with Crippen molar-refractivity contribution in [2.75, 3.05) is 6.61 Å². The van der Waals surface area contributed by atoms with E-state index >= 15 is 0 Å². The second-order valence-corrected chi connectivity index (χ2v) is 5.68. The molecule has 4 nitrogen and oxygen atoms in total. The second kappa shape index (κ2) is 5.46. The SMILES string of the molecule is Oc1cccc(-c2nn(C3CCCCO3)c3ccccc23)c1. The van der Waals surface area contributed by atoms with Gasteiger partial charge in [-0.25, -0.2) is 4.68 Å². The molecule has 0 radical (unpaired) electrons.